The lowest BCUT2D eigenvalue weighted by Crippen LogP contribution is -2.12. The number of aromatic nitrogens is 2. The molecule has 1 aromatic rings. The van der Waals surface area contributed by atoms with Crippen LogP contribution in [-0.2, 0) is 16.3 Å². The predicted octanol–water partition coefficient (Wildman–Crippen LogP) is 0.649. The summed E-state index contributed by atoms with van der Waals surface area (Å²) in [6.45, 7) is 0.473. The summed E-state index contributed by atoms with van der Waals surface area (Å²) >= 11 is 0. The average molecular weight is 278 g/mol. The molecule has 0 aromatic carbocycles. The Morgan fingerprint density at radius 2 is 2.24 bits per heavy atom. The minimum absolute atomic E-state index is 0. The fourth-order valence-corrected chi connectivity index (χ4v) is 3.85. The predicted molar refractivity (Wildman–Crippen MR) is 67.8 cm³/mol. The van der Waals surface area contributed by atoms with Gasteiger partial charge < -0.3 is 5.73 Å². The molecule has 1 fully saturated rings. The minimum Gasteiger partial charge on any atom is -0.330 e. The van der Waals surface area contributed by atoms with Crippen molar-refractivity contribution in [3.63, 3.8) is 0 Å². The highest BCUT2D eigenvalue weighted by molar-refractivity contribution is 7.91. The number of sulfone groups is 1. The van der Waals surface area contributed by atoms with E-state index in [2.05, 4.69) is 9.97 Å². The zero-order chi connectivity index (χ0) is 11.6. The Morgan fingerprint density at radius 3 is 2.82 bits per heavy atom. The van der Waals surface area contributed by atoms with Crippen LogP contribution in [0.4, 0.5) is 0 Å². The van der Waals surface area contributed by atoms with Crippen LogP contribution in [0.3, 0.4) is 0 Å². The van der Waals surface area contributed by atoms with Crippen LogP contribution in [0, 0.1) is 0 Å². The summed E-state index contributed by atoms with van der Waals surface area (Å²) in [5, 5.41) is -0.438. The van der Waals surface area contributed by atoms with Gasteiger partial charge in [-0.1, -0.05) is 0 Å². The molecule has 0 spiro atoms. The van der Waals surface area contributed by atoms with E-state index < -0.39 is 15.1 Å². The van der Waals surface area contributed by atoms with Gasteiger partial charge in [0.05, 0.1) is 11.4 Å². The molecule has 96 valence electrons. The van der Waals surface area contributed by atoms with Gasteiger partial charge in [-0.25, -0.2) is 18.4 Å². The quantitative estimate of drug-likeness (QED) is 0.877. The van der Waals surface area contributed by atoms with Gasteiger partial charge in [0.1, 0.15) is 11.1 Å². The first-order valence-electron chi connectivity index (χ1n) is 5.37. The number of rotatable bonds is 3. The summed E-state index contributed by atoms with van der Waals surface area (Å²) < 4.78 is 23.5. The minimum atomic E-state index is -2.99. The molecule has 0 radical (unpaired) electrons. The van der Waals surface area contributed by atoms with Gasteiger partial charge in [0.15, 0.2) is 9.84 Å². The van der Waals surface area contributed by atoms with E-state index in [9.17, 15) is 8.42 Å². The van der Waals surface area contributed by atoms with E-state index in [0.717, 1.165) is 6.42 Å². The first-order chi connectivity index (χ1) is 7.63. The third-order valence-electron chi connectivity index (χ3n) is 2.75. The molecular formula is C10H16ClN3O2S. The molecule has 1 unspecified atom stereocenters. The second-order valence-electron chi connectivity index (χ2n) is 3.93. The molecule has 2 rings (SSSR count). The van der Waals surface area contributed by atoms with Gasteiger partial charge in [-0.05, 0) is 25.5 Å². The highest BCUT2D eigenvalue weighted by atomic mass is 35.5. The molecule has 17 heavy (non-hydrogen) atoms. The number of halogens is 1. The van der Waals surface area contributed by atoms with Crippen molar-refractivity contribution in [2.24, 2.45) is 5.73 Å². The molecule has 1 aliphatic rings. The number of hydrogen-bond acceptors (Lipinski definition) is 5. The zero-order valence-corrected chi connectivity index (χ0v) is 11.0. The van der Waals surface area contributed by atoms with Gasteiger partial charge in [-0.15, -0.1) is 12.4 Å². The standard InChI is InChI=1S/C10H15N3O2S.ClH/c11-5-3-10-12-6-4-8(13-10)9-2-1-7-16(9,14)15;/h4,6,9H,1-3,5,7,11H2;1H. The van der Waals surface area contributed by atoms with Crippen molar-refractivity contribution in [1.82, 2.24) is 9.97 Å². The van der Waals surface area contributed by atoms with E-state index in [0.29, 0.717) is 30.9 Å². The highest BCUT2D eigenvalue weighted by Crippen LogP contribution is 2.33. The molecule has 5 nitrogen and oxygen atoms in total. The molecule has 7 heteroatoms. The van der Waals surface area contributed by atoms with Gasteiger partial charge in [-0.2, -0.15) is 0 Å². The van der Waals surface area contributed by atoms with Crippen LogP contribution in [0.1, 0.15) is 29.6 Å². The Labute approximate surface area is 107 Å². The monoisotopic (exact) mass is 277 g/mol. The number of hydrogen-bond donors (Lipinski definition) is 1. The van der Waals surface area contributed by atoms with Gasteiger partial charge in [-0.3, -0.25) is 0 Å². The lowest BCUT2D eigenvalue weighted by atomic mass is 10.2. The molecule has 1 atom stereocenters. The number of nitrogens with zero attached hydrogens (tertiary/aromatic N) is 2. The van der Waals surface area contributed by atoms with E-state index in [4.69, 9.17) is 5.73 Å². The third-order valence-corrected chi connectivity index (χ3v) is 4.96. The van der Waals surface area contributed by atoms with E-state index in [-0.39, 0.29) is 18.2 Å². The van der Waals surface area contributed by atoms with E-state index in [1.807, 2.05) is 0 Å². The Morgan fingerprint density at radius 1 is 1.47 bits per heavy atom. The van der Waals surface area contributed by atoms with Crippen LogP contribution in [-0.4, -0.2) is 30.7 Å². The first-order valence-corrected chi connectivity index (χ1v) is 7.08. The fraction of sp³-hybridized carbons (Fsp3) is 0.600. The van der Waals surface area contributed by atoms with Crippen molar-refractivity contribution in [2.45, 2.75) is 24.5 Å². The topological polar surface area (TPSA) is 85.9 Å². The van der Waals surface area contributed by atoms with E-state index >= 15 is 0 Å². The maximum absolute atomic E-state index is 11.7. The Hall–Kier alpha value is -0.720. The van der Waals surface area contributed by atoms with Gasteiger partial charge >= 0.3 is 0 Å². The third kappa shape index (κ3) is 3.14. The fourth-order valence-electron chi connectivity index (χ4n) is 1.97. The molecule has 2 N–H and O–H groups in total. The molecule has 1 saturated heterocycles. The van der Waals surface area contributed by atoms with Crippen LogP contribution >= 0.6 is 12.4 Å². The molecule has 1 aliphatic heterocycles. The lowest BCUT2D eigenvalue weighted by molar-refractivity contribution is 0.590. The summed E-state index contributed by atoms with van der Waals surface area (Å²) in [7, 11) is -2.99. The number of nitrogens with two attached hydrogens (primary N) is 1. The Balaban J connectivity index is 0.00000144. The molecular weight excluding hydrogens is 262 g/mol. The molecule has 0 saturated carbocycles. The molecule has 1 aromatic heterocycles. The van der Waals surface area contributed by atoms with Crippen molar-refractivity contribution in [2.75, 3.05) is 12.3 Å². The highest BCUT2D eigenvalue weighted by Gasteiger charge is 2.33. The summed E-state index contributed by atoms with van der Waals surface area (Å²) in [6.07, 6.45) is 3.59. The zero-order valence-electron chi connectivity index (χ0n) is 9.37. The maximum Gasteiger partial charge on any atom is 0.158 e. The smallest absolute Gasteiger partial charge is 0.158 e. The maximum atomic E-state index is 11.7. The normalized spacial score (nSPS) is 22.1. The van der Waals surface area contributed by atoms with Crippen molar-refractivity contribution >= 4 is 22.2 Å². The first kappa shape index (κ1) is 14.3. The van der Waals surface area contributed by atoms with Crippen molar-refractivity contribution in [1.29, 1.82) is 0 Å². The summed E-state index contributed by atoms with van der Waals surface area (Å²) in [6, 6.07) is 1.69. The van der Waals surface area contributed by atoms with Crippen molar-refractivity contribution in [3.05, 3.63) is 23.8 Å². The second-order valence-corrected chi connectivity index (χ2v) is 6.24. The van der Waals surface area contributed by atoms with Crippen LogP contribution in [0.25, 0.3) is 0 Å². The van der Waals surface area contributed by atoms with Gasteiger partial charge in [0, 0.05) is 12.6 Å². The summed E-state index contributed by atoms with van der Waals surface area (Å²) in [4.78, 5) is 8.33. The molecule has 2 heterocycles. The van der Waals surface area contributed by atoms with Gasteiger partial charge in [0.2, 0.25) is 0 Å². The molecule has 0 amide bonds. The Kier molecular flexibility index (Phi) is 4.85. The van der Waals surface area contributed by atoms with E-state index in [1.54, 1.807) is 12.3 Å². The summed E-state index contributed by atoms with van der Waals surface area (Å²) in [5.74, 6) is 0.899. The SMILES string of the molecule is Cl.NCCc1nccc(C2CCCS2(=O)=O)n1. The van der Waals surface area contributed by atoms with Crippen LogP contribution < -0.4 is 5.73 Å². The second kappa shape index (κ2) is 5.75. The van der Waals surface area contributed by atoms with Crippen molar-refractivity contribution in [3.8, 4) is 0 Å². The molecule has 0 bridgehead atoms. The average Bonchev–Trinajstić information content (AvgIpc) is 2.59. The van der Waals surface area contributed by atoms with Crippen LogP contribution in [0.15, 0.2) is 12.3 Å². The molecule has 0 aliphatic carbocycles. The largest absolute Gasteiger partial charge is 0.330 e. The van der Waals surface area contributed by atoms with Crippen LogP contribution in [0.5, 0.6) is 0 Å². The Bertz CT molecular complexity index is 478. The van der Waals surface area contributed by atoms with Crippen LogP contribution in [0.2, 0.25) is 0 Å². The lowest BCUT2D eigenvalue weighted by Gasteiger charge is -2.09. The van der Waals surface area contributed by atoms with E-state index in [1.165, 1.54) is 0 Å². The van der Waals surface area contributed by atoms with Crippen molar-refractivity contribution < 1.29 is 8.42 Å². The van der Waals surface area contributed by atoms with Gasteiger partial charge in [0.25, 0.3) is 0 Å². The summed E-state index contributed by atoms with van der Waals surface area (Å²) in [5.41, 5.74) is 6.04.